The zero-order chi connectivity index (χ0) is 13.2. The summed E-state index contributed by atoms with van der Waals surface area (Å²) >= 11 is 0. The van der Waals surface area contributed by atoms with Gasteiger partial charge in [-0.05, 0) is 25.1 Å². The van der Waals surface area contributed by atoms with E-state index in [-0.39, 0.29) is 12.4 Å². The van der Waals surface area contributed by atoms with Gasteiger partial charge in [0.05, 0.1) is 0 Å². The molecule has 5 heteroatoms. The molecule has 1 aromatic carbocycles. The van der Waals surface area contributed by atoms with Crippen molar-refractivity contribution in [3.63, 3.8) is 0 Å². The smallest absolute Gasteiger partial charge is 0.165 e. The highest BCUT2D eigenvalue weighted by molar-refractivity contribution is 5.23. The van der Waals surface area contributed by atoms with E-state index in [2.05, 4.69) is 5.32 Å². The Morgan fingerprint density at radius 2 is 2.17 bits per heavy atom. The average Bonchev–Trinajstić information content (AvgIpc) is 2.37. The highest BCUT2D eigenvalue weighted by Crippen LogP contribution is 2.15. The predicted molar refractivity (Wildman–Crippen MR) is 67.3 cm³/mol. The number of ether oxygens (including phenoxy) is 2. The van der Waals surface area contributed by atoms with Crippen LogP contribution in [0.3, 0.4) is 0 Å². The number of hydrogen-bond donors (Lipinski definition) is 2. The van der Waals surface area contributed by atoms with E-state index in [9.17, 15) is 9.50 Å². The van der Waals surface area contributed by atoms with Crippen LogP contribution in [0.1, 0.15) is 6.42 Å². The second-order valence-electron chi connectivity index (χ2n) is 3.95. The zero-order valence-corrected chi connectivity index (χ0v) is 10.6. The van der Waals surface area contributed by atoms with Crippen LogP contribution in [-0.4, -0.2) is 44.6 Å². The minimum atomic E-state index is -0.660. The van der Waals surface area contributed by atoms with Crippen molar-refractivity contribution < 1.29 is 19.0 Å². The van der Waals surface area contributed by atoms with Crippen molar-refractivity contribution in [3.05, 3.63) is 30.1 Å². The summed E-state index contributed by atoms with van der Waals surface area (Å²) in [7, 11) is 1.65. The van der Waals surface area contributed by atoms with Gasteiger partial charge in [-0.1, -0.05) is 12.1 Å². The number of halogens is 1. The maximum absolute atomic E-state index is 13.2. The predicted octanol–water partition coefficient (Wildman–Crippen LogP) is 1.19. The molecule has 1 rings (SSSR count). The van der Waals surface area contributed by atoms with Gasteiger partial charge in [-0.3, -0.25) is 0 Å². The Kier molecular flexibility index (Phi) is 7.32. The fourth-order valence-electron chi connectivity index (χ4n) is 1.42. The summed E-state index contributed by atoms with van der Waals surface area (Å²) in [5.74, 6) is -0.256. The van der Waals surface area contributed by atoms with E-state index in [0.717, 1.165) is 13.0 Å². The lowest BCUT2D eigenvalue weighted by atomic mass is 10.3. The van der Waals surface area contributed by atoms with Crippen molar-refractivity contribution in [1.29, 1.82) is 0 Å². The van der Waals surface area contributed by atoms with Gasteiger partial charge >= 0.3 is 0 Å². The Labute approximate surface area is 107 Å². The van der Waals surface area contributed by atoms with E-state index in [4.69, 9.17) is 9.47 Å². The highest BCUT2D eigenvalue weighted by Gasteiger charge is 2.07. The van der Waals surface area contributed by atoms with Gasteiger partial charge in [-0.15, -0.1) is 0 Å². The number of rotatable bonds is 9. The van der Waals surface area contributed by atoms with Crippen molar-refractivity contribution in [2.24, 2.45) is 0 Å². The van der Waals surface area contributed by atoms with Crippen LogP contribution in [0.25, 0.3) is 0 Å². The van der Waals surface area contributed by atoms with Gasteiger partial charge in [0.25, 0.3) is 0 Å². The van der Waals surface area contributed by atoms with Crippen LogP contribution in [0, 0.1) is 5.82 Å². The van der Waals surface area contributed by atoms with Crippen molar-refractivity contribution >= 4 is 0 Å². The molecular formula is C13H20FNO3. The van der Waals surface area contributed by atoms with Crippen LogP contribution in [0.2, 0.25) is 0 Å². The fourth-order valence-corrected chi connectivity index (χ4v) is 1.42. The molecule has 0 aliphatic heterocycles. The lowest BCUT2D eigenvalue weighted by Gasteiger charge is -2.13. The topological polar surface area (TPSA) is 50.7 Å². The molecule has 0 aromatic heterocycles. The molecule has 102 valence electrons. The molecule has 1 atom stereocenters. The van der Waals surface area contributed by atoms with E-state index in [1.807, 2.05) is 0 Å². The quantitative estimate of drug-likeness (QED) is 0.653. The van der Waals surface area contributed by atoms with Gasteiger partial charge in [-0.2, -0.15) is 0 Å². The Morgan fingerprint density at radius 3 is 2.89 bits per heavy atom. The molecule has 18 heavy (non-hydrogen) atoms. The molecule has 4 nitrogen and oxygen atoms in total. The summed E-state index contributed by atoms with van der Waals surface area (Å²) in [6, 6.07) is 6.14. The normalized spacial score (nSPS) is 12.4. The number of aliphatic hydroxyl groups is 1. The molecule has 0 aliphatic rings. The number of para-hydroxylation sites is 1. The summed E-state index contributed by atoms with van der Waals surface area (Å²) in [5, 5.41) is 12.7. The Balaban J connectivity index is 2.13. The molecule has 0 saturated heterocycles. The first kappa shape index (κ1) is 14.9. The molecule has 0 radical (unpaired) electrons. The summed E-state index contributed by atoms with van der Waals surface area (Å²) < 4.78 is 23.3. The third kappa shape index (κ3) is 5.95. The van der Waals surface area contributed by atoms with Crippen molar-refractivity contribution in [1.82, 2.24) is 5.32 Å². The molecule has 0 aliphatic carbocycles. The van der Waals surface area contributed by atoms with E-state index in [1.165, 1.54) is 12.1 Å². The number of nitrogens with one attached hydrogen (secondary N) is 1. The molecule has 2 N–H and O–H groups in total. The highest BCUT2D eigenvalue weighted by atomic mass is 19.1. The average molecular weight is 257 g/mol. The van der Waals surface area contributed by atoms with Crippen LogP contribution in [-0.2, 0) is 4.74 Å². The molecule has 0 saturated carbocycles. The van der Waals surface area contributed by atoms with E-state index >= 15 is 0 Å². The van der Waals surface area contributed by atoms with Gasteiger partial charge in [0.15, 0.2) is 11.6 Å². The first-order chi connectivity index (χ1) is 8.74. The maximum atomic E-state index is 13.2. The molecule has 1 aromatic rings. The van der Waals surface area contributed by atoms with Gasteiger partial charge in [0.1, 0.15) is 12.7 Å². The second-order valence-corrected chi connectivity index (χ2v) is 3.95. The number of hydrogen-bond acceptors (Lipinski definition) is 4. The lowest BCUT2D eigenvalue weighted by molar-refractivity contribution is 0.103. The molecule has 0 unspecified atom stereocenters. The second kappa shape index (κ2) is 8.85. The van der Waals surface area contributed by atoms with Crippen LogP contribution >= 0.6 is 0 Å². The zero-order valence-electron chi connectivity index (χ0n) is 10.6. The van der Waals surface area contributed by atoms with Crippen molar-refractivity contribution in [3.8, 4) is 5.75 Å². The Bertz CT molecular complexity index is 336. The third-order valence-corrected chi connectivity index (χ3v) is 2.35. The molecule has 0 spiro atoms. The van der Waals surface area contributed by atoms with Crippen molar-refractivity contribution in [2.45, 2.75) is 12.5 Å². The van der Waals surface area contributed by atoms with Gasteiger partial charge in [-0.25, -0.2) is 4.39 Å². The monoisotopic (exact) mass is 257 g/mol. The molecule has 0 amide bonds. The van der Waals surface area contributed by atoms with E-state index < -0.39 is 11.9 Å². The largest absolute Gasteiger partial charge is 0.488 e. The minimum Gasteiger partial charge on any atom is -0.488 e. The molecular weight excluding hydrogens is 237 g/mol. The summed E-state index contributed by atoms with van der Waals surface area (Å²) in [6.07, 6.45) is 0.226. The van der Waals surface area contributed by atoms with Crippen LogP contribution < -0.4 is 10.1 Å². The van der Waals surface area contributed by atoms with Gasteiger partial charge < -0.3 is 19.9 Å². The van der Waals surface area contributed by atoms with E-state index in [0.29, 0.717) is 13.2 Å². The van der Waals surface area contributed by atoms with Crippen LogP contribution in [0.4, 0.5) is 4.39 Å². The summed E-state index contributed by atoms with van der Waals surface area (Å²) in [4.78, 5) is 0. The molecule has 0 bridgehead atoms. The maximum Gasteiger partial charge on any atom is 0.165 e. The SMILES string of the molecule is COCCCNC[C@H](O)COc1ccccc1F. The Morgan fingerprint density at radius 1 is 1.39 bits per heavy atom. The number of methoxy groups -OCH3 is 1. The van der Waals surface area contributed by atoms with Crippen LogP contribution in [0.5, 0.6) is 5.75 Å². The first-order valence-electron chi connectivity index (χ1n) is 5.99. The number of aliphatic hydroxyl groups excluding tert-OH is 1. The minimum absolute atomic E-state index is 0.0677. The van der Waals surface area contributed by atoms with Gasteiger partial charge in [0, 0.05) is 20.3 Å². The third-order valence-electron chi connectivity index (χ3n) is 2.35. The number of benzene rings is 1. The first-order valence-corrected chi connectivity index (χ1v) is 5.99. The van der Waals surface area contributed by atoms with Crippen molar-refractivity contribution in [2.75, 3.05) is 33.4 Å². The van der Waals surface area contributed by atoms with Gasteiger partial charge in [0.2, 0.25) is 0 Å². The summed E-state index contributed by atoms with van der Waals surface area (Å²) in [5.41, 5.74) is 0. The molecule has 0 heterocycles. The Hall–Kier alpha value is -1.17. The summed E-state index contributed by atoms with van der Waals surface area (Å²) in [6.45, 7) is 1.94. The molecule has 0 fully saturated rings. The fraction of sp³-hybridized carbons (Fsp3) is 0.538. The van der Waals surface area contributed by atoms with Crippen LogP contribution in [0.15, 0.2) is 24.3 Å². The standard InChI is InChI=1S/C13H20FNO3/c1-17-8-4-7-15-9-11(16)10-18-13-6-3-2-5-12(13)14/h2-3,5-6,11,15-16H,4,7-10H2,1H3/t11-/m0/s1. The van der Waals surface area contributed by atoms with E-state index in [1.54, 1.807) is 19.2 Å². The lowest BCUT2D eigenvalue weighted by Crippen LogP contribution is -2.32.